The zero-order valence-electron chi connectivity index (χ0n) is 10.9. The van der Waals surface area contributed by atoms with Crippen LogP contribution in [0.4, 0.5) is 0 Å². The molecule has 0 aromatic rings. The van der Waals surface area contributed by atoms with Crippen molar-refractivity contribution in [1.82, 2.24) is 4.90 Å². The van der Waals surface area contributed by atoms with Crippen molar-refractivity contribution in [3.63, 3.8) is 0 Å². The number of ketones is 1. The lowest BCUT2D eigenvalue weighted by atomic mass is 9.97. The second-order valence-electron chi connectivity index (χ2n) is 4.56. The molecule has 0 aromatic heterocycles. The van der Waals surface area contributed by atoms with E-state index in [1.807, 2.05) is 19.9 Å². The minimum atomic E-state index is -0.178. The van der Waals surface area contributed by atoms with Crippen LogP contribution in [0, 0.1) is 18.3 Å². The van der Waals surface area contributed by atoms with Gasteiger partial charge < -0.3 is 0 Å². The normalized spacial score (nSPS) is 12.9. The molecule has 16 heavy (non-hydrogen) atoms. The number of terminal acetylenes is 1. The van der Waals surface area contributed by atoms with Gasteiger partial charge in [-0.2, -0.15) is 0 Å². The molecule has 0 spiro atoms. The molecule has 0 N–H and O–H groups in total. The number of carbonyl (C=O) groups excluding carboxylic acids is 1. The van der Waals surface area contributed by atoms with Gasteiger partial charge in [-0.1, -0.05) is 19.9 Å². The van der Waals surface area contributed by atoms with Crippen molar-refractivity contribution in [3.05, 3.63) is 12.7 Å². The largest absolute Gasteiger partial charge is 0.298 e. The van der Waals surface area contributed by atoms with Crippen molar-refractivity contribution in [2.75, 3.05) is 6.54 Å². The lowest BCUT2D eigenvalue weighted by molar-refractivity contribution is -0.127. The number of hydrogen-bond acceptors (Lipinski definition) is 2. The summed E-state index contributed by atoms with van der Waals surface area (Å²) in [4.78, 5) is 14.2. The summed E-state index contributed by atoms with van der Waals surface area (Å²) in [5.41, 5.74) is 0. The number of hydrogen-bond donors (Lipinski definition) is 0. The van der Waals surface area contributed by atoms with Crippen molar-refractivity contribution in [2.45, 2.75) is 46.2 Å². The Morgan fingerprint density at radius 1 is 1.44 bits per heavy atom. The Labute approximate surface area is 99.7 Å². The lowest BCUT2D eigenvalue weighted by Crippen LogP contribution is -2.46. The first-order chi connectivity index (χ1) is 7.45. The molecule has 0 heterocycles. The van der Waals surface area contributed by atoms with Crippen LogP contribution < -0.4 is 0 Å². The Morgan fingerprint density at radius 2 is 2.00 bits per heavy atom. The van der Waals surface area contributed by atoms with E-state index < -0.39 is 0 Å². The number of nitrogens with zero attached hydrogens (tertiary/aromatic N) is 1. The standard InChI is InChI=1S/C14H23NO/c1-7-9-13(14(16)11(3)4)15(10-8-2)12(5)6/h1,8,11-13H,2,9-10H2,3-6H3/t13-/m0/s1. The summed E-state index contributed by atoms with van der Waals surface area (Å²) in [6.45, 7) is 12.4. The highest BCUT2D eigenvalue weighted by atomic mass is 16.1. The number of rotatable bonds is 7. The van der Waals surface area contributed by atoms with Crippen molar-refractivity contribution >= 4 is 5.78 Å². The molecule has 2 nitrogen and oxygen atoms in total. The quantitative estimate of drug-likeness (QED) is 0.486. The molecule has 0 bridgehead atoms. The van der Waals surface area contributed by atoms with Crippen molar-refractivity contribution in [3.8, 4) is 12.3 Å². The zero-order valence-corrected chi connectivity index (χ0v) is 10.9. The second kappa shape index (κ2) is 7.24. The molecular weight excluding hydrogens is 198 g/mol. The molecule has 0 aliphatic carbocycles. The summed E-state index contributed by atoms with van der Waals surface area (Å²) < 4.78 is 0. The average molecular weight is 221 g/mol. The van der Waals surface area contributed by atoms with Gasteiger partial charge in [0.2, 0.25) is 0 Å². The summed E-state index contributed by atoms with van der Waals surface area (Å²) in [7, 11) is 0. The van der Waals surface area contributed by atoms with Gasteiger partial charge in [0.05, 0.1) is 6.04 Å². The summed E-state index contributed by atoms with van der Waals surface area (Å²) >= 11 is 0. The minimum absolute atomic E-state index is 0.0180. The first-order valence-electron chi connectivity index (χ1n) is 5.79. The third-order valence-corrected chi connectivity index (χ3v) is 2.61. The van der Waals surface area contributed by atoms with Crippen LogP contribution in [-0.4, -0.2) is 29.3 Å². The Hall–Kier alpha value is -1.07. The van der Waals surface area contributed by atoms with E-state index in [0.29, 0.717) is 19.0 Å². The fourth-order valence-corrected chi connectivity index (χ4v) is 1.72. The van der Waals surface area contributed by atoms with E-state index in [1.54, 1.807) is 0 Å². The van der Waals surface area contributed by atoms with E-state index in [0.717, 1.165) is 0 Å². The molecular formula is C14H23NO. The molecule has 0 aliphatic rings. The highest BCUT2D eigenvalue weighted by Crippen LogP contribution is 2.14. The van der Waals surface area contributed by atoms with Gasteiger partial charge in [-0.15, -0.1) is 18.9 Å². The van der Waals surface area contributed by atoms with Crippen molar-refractivity contribution < 1.29 is 4.79 Å². The maximum absolute atomic E-state index is 12.1. The zero-order chi connectivity index (χ0) is 12.7. The highest BCUT2D eigenvalue weighted by molar-refractivity contribution is 5.86. The van der Waals surface area contributed by atoms with Crippen LogP contribution in [0.2, 0.25) is 0 Å². The smallest absolute Gasteiger partial charge is 0.153 e. The Bertz CT molecular complexity index is 273. The molecule has 0 saturated carbocycles. The molecule has 0 rings (SSSR count). The first kappa shape index (κ1) is 14.9. The van der Waals surface area contributed by atoms with Crippen molar-refractivity contribution in [1.29, 1.82) is 0 Å². The SMILES string of the molecule is C#CC[C@@H](C(=O)C(C)C)N(CC=C)C(C)C. The molecule has 0 aliphatic heterocycles. The Kier molecular flexibility index (Phi) is 6.76. The van der Waals surface area contributed by atoms with E-state index in [2.05, 4.69) is 31.2 Å². The number of carbonyl (C=O) groups is 1. The third kappa shape index (κ3) is 4.20. The van der Waals surface area contributed by atoms with E-state index in [4.69, 9.17) is 6.42 Å². The van der Waals surface area contributed by atoms with Crippen LogP contribution >= 0.6 is 0 Å². The molecule has 90 valence electrons. The van der Waals surface area contributed by atoms with Gasteiger partial charge in [0.25, 0.3) is 0 Å². The van der Waals surface area contributed by atoms with Crippen LogP contribution in [0.1, 0.15) is 34.1 Å². The van der Waals surface area contributed by atoms with Crippen LogP contribution in [-0.2, 0) is 4.79 Å². The maximum atomic E-state index is 12.1. The monoisotopic (exact) mass is 221 g/mol. The maximum Gasteiger partial charge on any atom is 0.153 e. The highest BCUT2D eigenvalue weighted by Gasteiger charge is 2.27. The predicted octanol–water partition coefficient (Wildman–Crippen LogP) is 2.50. The van der Waals surface area contributed by atoms with Crippen LogP contribution in [0.15, 0.2) is 12.7 Å². The third-order valence-electron chi connectivity index (χ3n) is 2.61. The lowest BCUT2D eigenvalue weighted by Gasteiger charge is -2.33. The summed E-state index contributed by atoms with van der Waals surface area (Å²) in [5.74, 6) is 2.83. The van der Waals surface area contributed by atoms with Gasteiger partial charge in [0.1, 0.15) is 0 Å². The Morgan fingerprint density at radius 3 is 2.31 bits per heavy atom. The molecule has 0 saturated heterocycles. The molecule has 1 atom stereocenters. The van der Waals surface area contributed by atoms with E-state index in [1.165, 1.54) is 0 Å². The first-order valence-corrected chi connectivity index (χ1v) is 5.79. The minimum Gasteiger partial charge on any atom is -0.298 e. The summed E-state index contributed by atoms with van der Waals surface area (Å²) in [6.07, 6.45) is 7.64. The summed E-state index contributed by atoms with van der Waals surface area (Å²) in [6, 6.07) is 0.113. The van der Waals surface area contributed by atoms with Gasteiger partial charge in [0.15, 0.2) is 5.78 Å². The topological polar surface area (TPSA) is 20.3 Å². The summed E-state index contributed by atoms with van der Waals surface area (Å²) in [5, 5.41) is 0. The predicted molar refractivity (Wildman–Crippen MR) is 69.1 cm³/mol. The molecule has 2 heteroatoms. The number of Topliss-reactive ketones (excluding diaryl/α,β-unsaturated/α-hetero) is 1. The molecule has 0 radical (unpaired) electrons. The van der Waals surface area contributed by atoms with Crippen molar-refractivity contribution in [2.24, 2.45) is 5.92 Å². The second-order valence-corrected chi connectivity index (χ2v) is 4.56. The molecule has 0 amide bonds. The fourth-order valence-electron chi connectivity index (χ4n) is 1.72. The van der Waals surface area contributed by atoms with Crippen LogP contribution in [0.5, 0.6) is 0 Å². The van der Waals surface area contributed by atoms with E-state index >= 15 is 0 Å². The average Bonchev–Trinajstić information content (AvgIpc) is 2.21. The van der Waals surface area contributed by atoms with Gasteiger partial charge in [-0.3, -0.25) is 9.69 Å². The van der Waals surface area contributed by atoms with Gasteiger partial charge in [-0.25, -0.2) is 0 Å². The molecule has 0 aromatic carbocycles. The van der Waals surface area contributed by atoms with Crippen LogP contribution in [0.25, 0.3) is 0 Å². The van der Waals surface area contributed by atoms with Gasteiger partial charge in [0, 0.05) is 24.9 Å². The van der Waals surface area contributed by atoms with E-state index in [-0.39, 0.29) is 17.7 Å². The molecule has 0 fully saturated rings. The Balaban J connectivity index is 4.91. The van der Waals surface area contributed by atoms with Gasteiger partial charge in [-0.05, 0) is 13.8 Å². The fraction of sp³-hybridized carbons (Fsp3) is 0.643. The van der Waals surface area contributed by atoms with Crippen LogP contribution in [0.3, 0.4) is 0 Å². The van der Waals surface area contributed by atoms with Gasteiger partial charge >= 0.3 is 0 Å². The van der Waals surface area contributed by atoms with E-state index in [9.17, 15) is 4.79 Å². The molecule has 0 unspecified atom stereocenters.